The summed E-state index contributed by atoms with van der Waals surface area (Å²) in [5, 5.41) is 0.482. The molecule has 3 N–H and O–H groups in total. The second-order valence-corrected chi connectivity index (χ2v) is 6.16. The molecule has 0 amide bonds. The Balaban J connectivity index is 1.89. The third-order valence-electron chi connectivity index (χ3n) is 3.54. The van der Waals surface area contributed by atoms with Gasteiger partial charge in [-0.05, 0) is 37.3 Å². The van der Waals surface area contributed by atoms with E-state index in [2.05, 4.69) is 25.9 Å². The third kappa shape index (κ3) is 3.16. The number of nitrogens with one attached hydrogen (secondary N) is 1. The number of carbonyl (C=O) groups excluding carboxylic acids is 1. The highest BCUT2D eigenvalue weighted by Crippen LogP contribution is 2.22. The topological polar surface area (TPSA) is 98.1 Å². The zero-order valence-electron chi connectivity index (χ0n) is 12.7. The molecule has 3 aromatic rings. The van der Waals surface area contributed by atoms with E-state index in [9.17, 15) is 9.59 Å². The normalized spacial score (nSPS) is 12.1. The first-order valence-electron chi connectivity index (χ1n) is 7.20. The lowest BCUT2D eigenvalue weighted by Gasteiger charge is -2.14. The van der Waals surface area contributed by atoms with Gasteiger partial charge in [0.25, 0.3) is 5.56 Å². The Hall–Kier alpha value is -2.67. The van der Waals surface area contributed by atoms with E-state index in [4.69, 9.17) is 10.5 Å². The minimum Gasteiger partial charge on any atom is -0.451 e. The molecule has 1 heterocycles. The zero-order chi connectivity index (χ0) is 17.3. The van der Waals surface area contributed by atoms with Crippen LogP contribution in [0.5, 0.6) is 0 Å². The fourth-order valence-electron chi connectivity index (χ4n) is 2.28. The SMILES string of the molecule is CC(OC(=O)c1cc(Br)ccc1N)c1nc2ccccc2c(=O)[nH]1. The number of anilines is 1. The van der Waals surface area contributed by atoms with Crippen molar-refractivity contribution in [1.82, 2.24) is 9.97 Å². The van der Waals surface area contributed by atoms with Gasteiger partial charge in [0, 0.05) is 10.2 Å². The molecule has 0 radical (unpaired) electrons. The average Bonchev–Trinajstić information content (AvgIpc) is 2.57. The lowest BCUT2D eigenvalue weighted by atomic mass is 10.2. The molecule has 7 heteroatoms. The summed E-state index contributed by atoms with van der Waals surface area (Å²) in [5.74, 6) is -0.308. The second kappa shape index (κ2) is 6.45. The Kier molecular flexibility index (Phi) is 4.35. The first kappa shape index (κ1) is 16.2. The number of nitrogens with zero attached hydrogens (tertiary/aromatic N) is 1. The summed E-state index contributed by atoms with van der Waals surface area (Å²) in [5.41, 5.74) is 6.64. The van der Waals surface area contributed by atoms with E-state index >= 15 is 0 Å². The number of esters is 1. The van der Waals surface area contributed by atoms with E-state index < -0.39 is 12.1 Å². The Morgan fingerprint density at radius 1 is 1.29 bits per heavy atom. The summed E-state index contributed by atoms with van der Waals surface area (Å²) >= 11 is 3.29. The molecule has 1 atom stereocenters. The molecule has 0 spiro atoms. The molecule has 0 aliphatic heterocycles. The van der Waals surface area contributed by atoms with Gasteiger partial charge in [-0.15, -0.1) is 0 Å². The average molecular weight is 388 g/mol. The minimum absolute atomic E-state index is 0.249. The molecule has 3 rings (SSSR count). The summed E-state index contributed by atoms with van der Waals surface area (Å²) in [4.78, 5) is 31.4. The lowest BCUT2D eigenvalue weighted by Crippen LogP contribution is -2.18. The van der Waals surface area contributed by atoms with Crippen LogP contribution in [0.3, 0.4) is 0 Å². The van der Waals surface area contributed by atoms with Crippen molar-refractivity contribution in [3.8, 4) is 0 Å². The largest absolute Gasteiger partial charge is 0.451 e. The predicted molar refractivity (Wildman–Crippen MR) is 94.7 cm³/mol. The molecule has 0 aliphatic rings. The van der Waals surface area contributed by atoms with E-state index in [1.54, 1.807) is 49.4 Å². The maximum Gasteiger partial charge on any atom is 0.340 e. The van der Waals surface area contributed by atoms with Crippen LogP contribution >= 0.6 is 15.9 Å². The number of rotatable bonds is 3. The summed E-state index contributed by atoms with van der Waals surface area (Å²) in [6.07, 6.45) is -0.729. The van der Waals surface area contributed by atoms with Crippen LogP contribution in [0, 0.1) is 0 Å². The Morgan fingerprint density at radius 2 is 2.04 bits per heavy atom. The number of nitrogen functional groups attached to an aromatic ring is 1. The predicted octanol–water partition coefficient (Wildman–Crippen LogP) is 3.19. The van der Waals surface area contributed by atoms with Gasteiger partial charge in [0.15, 0.2) is 11.9 Å². The number of carbonyl (C=O) groups is 1. The molecular weight excluding hydrogens is 374 g/mol. The van der Waals surface area contributed by atoms with Gasteiger partial charge in [0.2, 0.25) is 0 Å². The summed E-state index contributed by atoms with van der Waals surface area (Å²) in [7, 11) is 0. The highest BCUT2D eigenvalue weighted by atomic mass is 79.9. The van der Waals surface area contributed by atoms with Crippen molar-refractivity contribution in [3.05, 3.63) is 68.7 Å². The minimum atomic E-state index is -0.729. The quantitative estimate of drug-likeness (QED) is 0.531. The molecule has 2 aromatic carbocycles. The maximum atomic E-state index is 12.3. The highest BCUT2D eigenvalue weighted by molar-refractivity contribution is 9.10. The number of hydrogen-bond acceptors (Lipinski definition) is 5. The summed E-state index contributed by atoms with van der Waals surface area (Å²) in [6, 6.07) is 11.9. The van der Waals surface area contributed by atoms with Gasteiger partial charge in [-0.1, -0.05) is 28.1 Å². The van der Waals surface area contributed by atoms with Gasteiger partial charge in [-0.3, -0.25) is 4.79 Å². The number of para-hydroxylation sites is 1. The molecule has 0 saturated heterocycles. The van der Waals surface area contributed by atoms with Crippen LogP contribution in [-0.2, 0) is 4.74 Å². The highest BCUT2D eigenvalue weighted by Gasteiger charge is 2.18. The molecule has 0 bridgehead atoms. The van der Waals surface area contributed by atoms with Gasteiger partial charge in [-0.25, -0.2) is 9.78 Å². The number of aromatic amines is 1. The number of aromatic nitrogens is 2. The van der Waals surface area contributed by atoms with Crippen LogP contribution < -0.4 is 11.3 Å². The Labute approximate surface area is 145 Å². The maximum absolute atomic E-state index is 12.3. The molecule has 0 fully saturated rings. The molecule has 0 saturated carbocycles. The third-order valence-corrected chi connectivity index (χ3v) is 4.03. The smallest absolute Gasteiger partial charge is 0.340 e. The molecule has 0 aliphatic carbocycles. The first-order valence-corrected chi connectivity index (χ1v) is 8.00. The lowest BCUT2D eigenvalue weighted by molar-refractivity contribution is 0.0321. The number of hydrogen-bond donors (Lipinski definition) is 2. The number of halogens is 1. The van der Waals surface area contributed by atoms with Gasteiger partial charge in [-0.2, -0.15) is 0 Å². The van der Waals surface area contributed by atoms with Gasteiger partial charge in [0.1, 0.15) is 0 Å². The van der Waals surface area contributed by atoms with E-state index in [1.165, 1.54) is 0 Å². The number of nitrogens with two attached hydrogens (primary N) is 1. The number of H-pyrrole nitrogens is 1. The Bertz CT molecular complexity index is 984. The molecule has 1 unspecified atom stereocenters. The van der Waals surface area contributed by atoms with Crippen LogP contribution in [0.15, 0.2) is 51.7 Å². The van der Waals surface area contributed by atoms with Crippen molar-refractivity contribution in [2.24, 2.45) is 0 Å². The number of fused-ring (bicyclic) bond motifs is 1. The summed E-state index contributed by atoms with van der Waals surface area (Å²) in [6.45, 7) is 1.64. The van der Waals surface area contributed by atoms with Crippen molar-refractivity contribution in [2.45, 2.75) is 13.0 Å². The zero-order valence-corrected chi connectivity index (χ0v) is 14.3. The van der Waals surface area contributed by atoms with Gasteiger partial charge in [0.05, 0.1) is 16.5 Å². The van der Waals surface area contributed by atoms with Crippen molar-refractivity contribution in [1.29, 1.82) is 0 Å². The molecule has 6 nitrogen and oxygen atoms in total. The monoisotopic (exact) mass is 387 g/mol. The second-order valence-electron chi connectivity index (χ2n) is 5.25. The van der Waals surface area contributed by atoms with E-state index in [0.29, 0.717) is 21.1 Å². The van der Waals surface area contributed by atoms with Gasteiger partial charge >= 0.3 is 5.97 Å². The van der Waals surface area contributed by atoms with Crippen LogP contribution in [-0.4, -0.2) is 15.9 Å². The van der Waals surface area contributed by atoms with Crippen LogP contribution in [0.4, 0.5) is 5.69 Å². The standard InChI is InChI=1S/C17H14BrN3O3/c1-9(24-17(23)12-8-10(18)6-7-13(12)19)15-20-14-5-3-2-4-11(14)16(22)21-15/h2-9H,19H2,1H3,(H,20,21,22). The van der Waals surface area contributed by atoms with Crippen molar-refractivity contribution in [3.63, 3.8) is 0 Å². The molecule has 24 heavy (non-hydrogen) atoms. The summed E-state index contributed by atoms with van der Waals surface area (Å²) < 4.78 is 6.11. The first-order chi connectivity index (χ1) is 11.5. The van der Waals surface area contributed by atoms with E-state index in [-0.39, 0.29) is 16.9 Å². The van der Waals surface area contributed by atoms with Crippen LogP contribution in [0.2, 0.25) is 0 Å². The molecule has 1 aromatic heterocycles. The molecular formula is C17H14BrN3O3. The molecule has 122 valence electrons. The fraction of sp³-hybridized carbons (Fsp3) is 0.118. The van der Waals surface area contributed by atoms with Gasteiger partial charge < -0.3 is 15.5 Å². The number of ether oxygens (including phenoxy) is 1. The Morgan fingerprint density at radius 3 is 2.83 bits per heavy atom. The van der Waals surface area contributed by atoms with Crippen molar-refractivity contribution in [2.75, 3.05) is 5.73 Å². The van der Waals surface area contributed by atoms with E-state index in [0.717, 1.165) is 0 Å². The number of benzene rings is 2. The fourth-order valence-corrected chi connectivity index (χ4v) is 2.64. The van der Waals surface area contributed by atoms with Crippen LogP contribution in [0.25, 0.3) is 10.9 Å². The van der Waals surface area contributed by atoms with E-state index in [1.807, 2.05) is 0 Å². The van der Waals surface area contributed by atoms with Crippen LogP contribution in [0.1, 0.15) is 29.2 Å². The van der Waals surface area contributed by atoms with Crippen molar-refractivity contribution < 1.29 is 9.53 Å². The van der Waals surface area contributed by atoms with Crippen molar-refractivity contribution >= 4 is 38.5 Å².